The third-order valence-electron chi connectivity index (χ3n) is 12.7. The van der Waals surface area contributed by atoms with E-state index in [0.29, 0.717) is 12.2 Å². The van der Waals surface area contributed by atoms with Gasteiger partial charge in [0.1, 0.15) is 16.9 Å². The second-order valence-electron chi connectivity index (χ2n) is 16.5. The SMILES string of the molecule is C/C=C\C(=C/Cc1ccccc1O)c1ccc(N(c2ccc(-c3cccc4c3oc3ccccc34)cc2)c2cccc3c2sc2c3ccc3c2c2ccccc2n3-c2ccccc2)cc1. The molecular weight excluding hydrogens is 813 g/mol. The molecule has 65 heavy (non-hydrogen) atoms. The second kappa shape index (κ2) is 15.9. The summed E-state index contributed by atoms with van der Waals surface area (Å²) in [7, 11) is 0. The van der Waals surface area contributed by atoms with E-state index in [2.05, 4.69) is 191 Å². The van der Waals surface area contributed by atoms with Crippen LogP contribution in [0.5, 0.6) is 5.75 Å². The minimum absolute atomic E-state index is 0.313. The molecule has 0 unspecified atom stereocenters. The fraction of sp³-hybridized carbons (Fsp3) is 0.0333. The number of nitrogens with zero attached hydrogens (tertiary/aromatic N) is 2. The second-order valence-corrected chi connectivity index (χ2v) is 17.5. The van der Waals surface area contributed by atoms with Crippen LogP contribution in [-0.2, 0) is 6.42 Å². The number of para-hydroxylation sites is 5. The Morgan fingerprint density at radius 3 is 2.08 bits per heavy atom. The van der Waals surface area contributed by atoms with Gasteiger partial charge in [-0.25, -0.2) is 0 Å². The first-order valence-corrected chi connectivity index (χ1v) is 22.9. The number of anilines is 3. The summed E-state index contributed by atoms with van der Waals surface area (Å²) in [5.74, 6) is 0.313. The molecule has 3 aromatic heterocycles. The van der Waals surface area contributed by atoms with E-state index < -0.39 is 0 Å². The minimum atomic E-state index is 0.313. The summed E-state index contributed by atoms with van der Waals surface area (Å²) in [6.45, 7) is 2.04. The Hall–Kier alpha value is -8.12. The fourth-order valence-electron chi connectivity index (χ4n) is 9.68. The van der Waals surface area contributed by atoms with E-state index in [-0.39, 0.29) is 0 Å². The van der Waals surface area contributed by atoms with Gasteiger partial charge in [0.05, 0.1) is 21.4 Å². The molecule has 0 saturated carbocycles. The first-order valence-electron chi connectivity index (χ1n) is 22.1. The predicted molar refractivity (Wildman–Crippen MR) is 276 cm³/mol. The Labute approximate surface area is 380 Å². The summed E-state index contributed by atoms with van der Waals surface area (Å²) < 4.78 is 11.4. The molecule has 0 bridgehead atoms. The van der Waals surface area contributed by atoms with E-state index in [1.807, 2.05) is 48.6 Å². The molecule has 0 saturated heterocycles. The average molecular weight is 855 g/mol. The number of aromatic nitrogens is 1. The lowest BCUT2D eigenvalue weighted by Crippen LogP contribution is -2.10. The van der Waals surface area contributed by atoms with Gasteiger partial charge in [0.2, 0.25) is 0 Å². The number of hydrogen-bond donors (Lipinski definition) is 1. The highest BCUT2D eigenvalue weighted by Gasteiger charge is 2.22. The lowest BCUT2D eigenvalue weighted by Gasteiger charge is -2.26. The molecule has 0 aliphatic heterocycles. The van der Waals surface area contributed by atoms with Crippen LogP contribution in [0.3, 0.4) is 0 Å². The topological polar surface area (TPSA) is 41.5 Å². The summed E-state index contributed by atoms with van der Waals surface area (Å²) in [6, 6.07) is 70.8. The largest absolute Gasteiger partial charge is 0.508 e. The van der Waals surface area contributed by atoms with E-state index in [1.165, 1.54) is 42.0 Å². The molecule has 0 aliphatic rings. The van der Waals surface area contributed by atoms with Crippen LogP contribution in [-0.4, -0.2) is 9.67 Å². The van der Waals surface area contributed by atoms with Gasteiger partial charge >= 0.3 is 0 Å². The van der Waals surface area contributed by atoms with Crippen LogP contribution in [0.4, 0.5) is 17.1 Å². The number of phenols is 1. The van der Waals surface area contributed by atoms with Gasteiger partial charge in [-0.05, 0) is 102 Å². The first-order chi connectivity index (χ1) is 32.1. The molecule has 3 heterocycles. The van der Waals surface area contributed by atoms with Crippen molar-refractivity contribution in [2.75, 3.05) is 4.90 Å². The minimum Gasteiger partial charge on any atom is -0.508 e. The van der Waals surface area contributed by atoms with Crippen LogP contribution >= 0.6 is 11.3 Å². The van der Waals surface area contributed by atoms with E-state index in [1.54, 1.807) is 6.07 Å². The summed E-state index contributed by atoms with van der Waals surface area (Å²) >= 11 is 1.88. The standard InChI is InChI=1S/C60H42N2O2S/c1-2-14-39(27-28-42-15-6-10-25-55(42)63)40-29-33-44(34-30-40)61(45-35-31-41(32-36-45)46-20-12-21-48-47-18-8-11-26-56(47)64-58(46)48)54-24-13-22-49-50-37-38-53-57(60(50)65-59(49)54)51-19-7-9-23-52(51)62(53)43-16-4-3-5-17-43/h2-27,29-38,63H,28H2,1H3/b14-2-,39-27+. The number of thiophene rings is 1. The Kier molecular flexibility index (Phi) is 9.43. The number of fused-ring (bicyclic) bond motifs is 10. The lowest BCUT2D eigenvalue weighted by atomic mass is 10.0. The molecule has 0 amide bonds. The van der Waals surface area contributed by atoms with Crippen molar-refractivity contribution in [3.8, 4) is 22.6 Å². The monoisotopic (exact) mass is 854 g/mol. The van der Waals surface area contributed by atoms with E-state index >= 15 is 0 Å². The maximum Gasteiger partial charge on any atom is 0.143 e. The van der Waals surface area contributed by atoms with Crippen LogP contribution in [0, 0.1) is 0 Å². The van der Waals surface area contributed by atoms with E-state index in [0.717, 1.165) is 72.5 Å². The fourth-order valence-corrected chi connectivity index (χ4v) is 11.0. The molecule has 12 rings (SSSR count). The number of aromatic hydroxyl groups is 1. The highest BCUT2D eigenvalue weighted by atomic mass is 32.1. The Bertz CT molecular complexity index is 3810. The van der Waals surface area contributed by atoms with Crippen molar-refractivity contribution >= 4 is 97.9 Å². The molecule has 0 spiro atoms. The molecule has 4 nitrogen and oxygen atoms in total. The molecular formula is C60H42N2O2S. The van der Waals surface area contributed by atoms with Crippen LogP contribution < -0.4 is 4.90 Å². The maximum absolute atomic E-state index is 10.5. The summed E-state index contributed by atoms with van der Waals surface area (Å²) in [6.07, 6.45) is 7.03. The van der Waals surface area contributed by atoms with Gasteiger partial charge in [-0.15, -0.1) is 11.3 Å². The van der Waals surface area contributed by atoms with Crippen LogP contribution in [0.25, 0.3) is 86.3 Å². The highest BCUT2D eigenvalue weighted by molar-refractivity contribution is 7.27. The molecule has 1 N–H and O–H groups in total. The summed E-state index contributed by atoms with van der Waals surface area (Å²) in [5, 5.41) is 17.8. The van der Waals surface area contributed by atoms with Gasteiger partial charge in [-0.3, -0.25) is 0 Å². The molecule has 310 valence electrons. The van der Waals surface area contributed by atoms with Crippen LogP contribution in [0.2, 0.25) is 0 Å². The van der Waals surface area contributed by atoms with Gasteiger partial charge in [0.15, 0.2) is 0 Å². The molecule has 0 radical (unpaired) electrons. The number of benzene rings is 9. The quantitative estimate of drug-likeness (QED) is 0.147. The average Bonchev–Trinajstić information content (AvgIpc) is 4.04. The van der Waals surface area contributed by atoms with Gasteiger partial charge in [0.25, 0.3) is 0 Å². The number of phenolic OH excluding ortho intramolecular Hbond substituents is 1. The van der Waals surface area contributed by atoms with Crippen molar-refractivity contribution in [2.45, 2.75) is 13.3 Å². The zero-order chi connectivity index (χ0) is 43.4. The molecule has 0 atom stereocenters. The van der Waals surface area contributed by atoms with Gasteiger partial charge in [-0.2, -0.15) is 0 Å². The normalized spacial score (nSPS) is 12.2. The zero-order valence-electron chi connectivity index (χ0n) is 35.6. The predicted octanol–water partition coefficient (Wildman–Crippen LogP) is 17.1. The lowest BCUT2D eigenvalue weighted by molar-refractivity contribution is 0.470. The summed E-state index contributed by atoms with van der Waals surface area (Å²) in [4.78, 5) is 2.40. The summed E-state index contributed by atoms with van der Waals surface area (Å²) in [5.41, 5.74) is 13.8. The van der Waals surface area contributed by atoms with Crippen LogP contribution in [0.1, 0.15) is 18.1 Å². The number of rotatable bonds is 9. The third kappa shape index (κ3) is 6.51. The molecule has 9 aromatic carbocycles. The highest BCUT2D eigenvalue weighted by Crippen LogP contribution is 2.49. The molecule has 12 aromatic rings. The van der Waals surface area contributed by atoms with Gasteiger partial charge < -0.3 is 19.0 Å². The Morgan fingerprint density at radius 2 is 1.26 bits per heavy atom. The Balaban J connectivity index is 1.03. The van der Waals surface area contributed by atoms with Crippen molar-refractivity contribution in [3.05, 3.63) is 230 Å². The van der Waals surface area contributed by atoms with Crippen molar-refractivity contribution in [1.82, 2.24) is 4.57 Å². The molecule has 0 fully saturated rings. The van der Waals surface area contributed by atoms with Crippen molar-refractivity contribution in [3.63, 3.8) is 0 Å². The van der Waals surface area contributed by atoms with Crippen molar-refractivity contribution in [2.24, 2.45) is 0 Å². The van der Waals surface area contributed by atoms with Gasteiger partial charge in [0, 0.05) is 59.6 Å². The van der Waals surface area contributed by atoms with Crippen molar-refractivity contribution in [1.29, 1.82) is 0 Å². The number of furan rings is 1. The van der Waals surface area contributed by atoms with E-state index in [9.17, 15) is 5.11 Å². The van der Waals surface area contributed by atoms with Gasteiger partial charge in [-0.1, -0.05) is 152 Å². The smallest absolute Gasteiger partial charge is 0.143 e. The molecule has 0 aliphatic carbocycles. The Morgan fingerprint density at radius 1 is 0.585 bits per heavy atom. The number of allylic oxidation sites excluding steroid dienone is 4. The van der Waals surface area contributed by atoms with E-state index in [4.69, 9.17) is 4.42 Å². The molecule has 5 heteroatoms. The van der Waals surface area contributed by atoms with Crippen molar-refractivity contribution < 1.29 is 9.52 Å². The maximum atomic E-state index is 10.5. The zero-order valence-corrected chi connectivity index (χ0v) is 36.5. The first kappa shape index (κ1) is 38.5. The third-order valence-corrected chi connectivity index (χ3v) is 14.0. The number of hydrogen-bond acceptors (Lipinski definition) is 4. The van der Waals surface area contributed by atoms with Crippen LogP contribution in [0.15, 0.2) is 223 Å².